The monoisotopic (exact) mass is 166 g/mol. The zero-order valence-electron chi connectivity index (χ0n) is 7.23. The van der Waals surface area contributed by atoms with E-state index in [2.05, 4.69) is 17.3 Å². The third-order valence-electron chi connectivity index (χ3n) is 2.89. The average molecular weight is 166 g/mol. The number of methoxy groups -OCH3 is 1. The van der Waals surface area contributed by atoms with Crippen molar-refractivity contribution in [1.29, 1.82) is 0 Å². The highest BCUT2D eigenvalue weighted by molar-refractivity contribution is 5.97. The topological polar surface area (TPSA) is 47.6 Å². The molecule has 3 nitrogen and oxygen atoms in total. The van der Waals surface area contributed by atoms with Crippen molar-refractivity contribution in [2.45, 2.75) is 18.9 Å². The fraction of sp³-hybridized carbons (Fsp3) is 0.667. The smallest absolute Gasteiger partial charge is 0.104 e. The Kier molecular flexibility index (Phi) is 1.89. The molecule has 1 unspecified atom stereocenters. The Labute approximate surface area is 72.3 Å². The summed E-state index contributed by atoms with van der Waals surface area (Å²) in [5.74, 6) is 6.38. The van der Waals surface area contributed by atoms with E-state index in [4.69, 9.17) is 10.6 Å². The summed E-state index contributed by atoms with van der Waals surface area (Å²) in [5, 5.41) is 3.79. The highest BCUT2D eigenvalue weighted by Crippen LogP contribution is 2.40. The maximum absolute atomic E-state index is 5.30. The maximum Gasteiger partial charge on any atom is 0.104 e. The molecule has 0 radical (unpaired) electrons. The molecular weight excluding hydrogens is 152 g/mol. The first-order chi connectivity index (χ1) is 5.88. The molecule has 2 aliphatic carbocycles. The molecule has 0 spiro atoms. The van der Waals surface area contributed by atoms with Gasteiger partial charge < -0.3 is 10.6 Å². The number of allylic oxidation sites excluding steroid dienone is 1. The third-order valence-corrected chi connectivity index (χ3v) is 2.89. The van der Waals surface area contributed by atoms with Gasteiger partial charge in [-0.15, -0.1) is 0 Å². The van der Waals surface area contributed by atoms with Crippen LogP contribution in [0.2, 0.25) is 0 Å². The van der Waals surface area contributed by atoms with E-state index in [9.17, 15) is 0 Å². The van der Waals surface area contributed by atoms with Gasteiger partial charge in [0.2, 0.25) is 0 Å². The first-order valence-electron chi connectivity index (χ1n) is 4.35. The van der Waals surface area contributed by atoms with Gasteiger partial charge in [0.15, 0.2) is 0 Å². The molecule has 0 saturated heterocycles. The van der Waals surface area contributed by atoms with Crippen LogP contribution in [0, 0.1) is 11.8 Å². The Morgan fingerprint density at radius 1 is 1.67 bits per heavy atom. The molecule has 1 fully saturated rings. The molecule has 0 aromatic heterocycles. The summed E-state index contributed by atoms with van der Waals surface area (Å²) in [5.41, 5.74) is 1.05. The van der Waals surface area contributed by atoms with Gasteiger partial charge in [-0.2, -0.15) is 5.10 Å². The number of hydrogen-bond donors (Lipinski definition) is 1. The highest BCUT2D eigenvalue weighted by atomic mass is 16.5. The van der Waals surface area contributed by atoms with E-state index in [0.29, 0.717) is 11.8 Å². The highest BCUT2D eigenvalue weighted by Gasteiger charge is 2.46. The van der Waals surface area contributed by atoms with Crippen molar-refractivity contribution in [1.82, 2.24) is 0 Å². The number of rotatable bonds is 1. The van der Waals surface area contributed by atoms with E-state index in [-0.39, 0.29) is 6.10 Å². The Hall–Kier alpha value is -0.830. The van der Waals surface area contributed by atoms with Crippen molar-refractivity contribution in [2.75, 3.05) is 7.11 Å². The van der Waals surface area contributed by atoms with Crippen LogP contribution < -0.4 is 5.84 Å². The lowest BCUT2D eigenvalue weighted by atomic mass is 9.64. The lowest BCUT2D eigenvalue weighted by Gasteiger charge is -2.44. The summed E-state index contributed by atoms with van der Waals surface area (Å²) < 4.78 is 5.30. The molecule has 2 aliphatic rings. The number of ether oxygens (including phenoxy) is 1. The van der Waals surface area contributed by atoms with E-state index >= 15 is 0 Å². The van der Waals surface area contributed by atoms with Gasteiger partial charge in [-0.25, -0.2) is 0 Å². The van der Waals surface area contributed by atoms with Gasteiger partial charge in [-0.1, -0.05) is 12.2 Å². The van der Waals surface area contributed by atoms with Gasteiger partial charge in [-0.3, -0.25) is 0 Å². The molecule has 0 aliphatic heterocycles. The standard InChI is InChI=1S/C9H14N2O/c1-12-9-7-5-3-2-4-6(7)8(9)11-10/h3,5-7,9H,2,4,10H2,1H3/b11-8+/t6-,7+,9?/m1/s1. The Balaban J connectivity index is 2.17. The van der Waals surface area contributed by atoms with Gasteiger partial charge in [0.1, 0.15) is 6.10 Å². The summed E-state index contributed by atoms with van der Waals surface area (Å²) >= 11 is 0. The van der Waals surface area contributed by atoms with Crippen LogP contribution in [0.15, 0.2) is 17.3 Å². The van der Waals surface area contributed by atoms with E-state index in [0.717, 1.165) is 12.1 Å². The Bertz CT molecular complexity index is 235. The predicted molar refractivity (Wildman–Crippen MR) is 47.8 cm³/mol. The molecule has 12 heavy (non-hydrogen) atoms. The van der Waals surface area contributed by atoms with Crippen molar-refractivity contribution in [2.24, 2.45) is 22.8 Å². The van der Waals surface area contributed by atoms with Crippen LogP contribution in [0.25, 0.3) is 0 Å². The predicted octanol–water partition coefficient (Wildman–Crippen LogP) is 0.912. The van der Waals surface area contributed by atoms with E-state index < -0.39 is 0 Å². The maximum atomic E-state index is 5.30. The van der Waals surface area contributed by atoms with E-state index in [1.165, 1.54) is 6.42 Å². The van der Waals surface area contributed by atoms with Crippen LogP contribution in [0.3, 0.4) is 0 Å². The molecule has 66 valence electrons. The summed E-state index contributed by atoms with van der Waals surface area (Å²) in [6, 6.07) is 0. The Morgan fingerprint density at radius 2 is 2.50 bits per heavy atom. The summed E-state index contributed by atoms with van der Waals surface area (Å²) in [4.78, 5) is 0. The number of nitrogens with two attached hydrogens (primary N) is 1. The van der Waals surface area contributed by atoms with Crippen LogP contribution in [-0.2, 0) is 4.74 Å². The molecule has 0 heterocycles. The largest absolute Gasteiger partial charge is 0.375 e. The first kappa shape index (κ1) is 7.80. The second-order valence-electron chi connectivity index (χ2n) is 3.40. The molecule has 3 heteroatoms. The fourth-order valence-electron chi connectivity index (χ4n) is 2.25. The summed E-state index contributed by atoms with van der Waals surface area (Å²) in [6.07, 6.45) is 6.93. The SMILES string of the molecule is COC1/C(=N/N)[C@@H]2CCC=C[C@H]12. The van der Waals surface area contributed by atoms with Crippen LogP contribution >= 0.6 is 0 Å². The van der Waals surface area contributed by atoms with Gasteiger partial charge in [0, 0.05) is 18.9 Å². The normalized spacial score (nSPS) is 42.4. The van der Waals surface area contributed by atoms with Gasteiger partial charge >= 0.3 is 0 Å². The first-order valence-corrected chi connectivity index (χ1v) is 4.35. The van der Waals surface area contributed by atoms with E-state index in [1.807, 2.05) is 0 Å². The quantitative estimate of drug-likeness (QED) is 0.357. The van der Waals surface area contributed by atoms with Gasteiger partial charge in [-0.05, 0) is 12.8 Å². The number of fused-ring (bicyclic) bond motifs is 1. The number of nitrogens with zero attached hydrogens (tertiary/aromatic N) is 1. The number of hydrogen-bond acceptors (Lipinski definition) is 3. The van der Waals surface area contributed by atoms with E-state index in [1.54, 1.807) is 7.11 Å². The molecule has 2 N–H and O–H groups in total. The zero-order valence-corrected chi connectivity index (χ0v) is 7.23. The minimum absolute atomic E-state index is 0.150. The summed E-state index contributed by atoms with van der Waals surface area (Å²) in [6.45, 7) is 0. The van der Waals surface area contributed by atoms with Crippen LogP contribution in [-0.4, -0.2) is 18.9 Å². The minimum Gasteiger partial charge on any atom is -0.375 e. The van der Waals surface area contributed by atoms with Crippen molar-refractivity contribution in [3.63, 3.8) is 0 Å². The minimum atomic E-state index is 0.150. The van der Waals surface area contributed by atoms with Crippen LogP contribution in [0.4, 0.5) is 0 Å². The second-order valence-corrected chi connectivity index (χ2v) is 3.40. The zero-order chi connectivity index (χ0) is 8.55. The molecule has 0 aromatic rings. The molecule has 1 saturated carbocycles. The molecule has 0 bridgehead atoms. The molecule has 0 aromatic carbocycles. The molecule has 0 amide bonds. The van der Waals surface area contributed by atoms with Crippen molar-refractivity contribution in [3.8, 4) is 0 Å². The molecule has 2 rings (SSSR count). The van der Waals surface area contributed by atoms with Crippen LogP contribution in [0.5, 0.6) is 0 Å². The third kappa shape index (κ3) is 0.894. The van der Waals surface area contributed by atoms with Crippen molar-refractivity contribution < 1.29 is 4.74 Å². The van der Waals surface area contributed by atoms with Crippen molar-refractivity contribution >= 4 is 5.71 Å². The average Bonchev–Trinajstić information content (AvgIpc) is 2.08. The lowest BCUT2D eigenvalue weighted by Crippen LogP contribution is -2.53. The second kappa shape index (κ2) is 2.90. The Morgan fingerprint density at radius 3 is 3.17 bits per heavy atom. The molecule has 3 atom stereocenters. The summed E-state index contributed by atoms with van der Waals surface area (Å²) in [7, 11) is 1.72. The van der Waals surface area contributed by atoms with Gasteiger partial charge in [0.05, 0.1) is 5.71 Å². The number of hydrazone groups is 1. The lowest BCUT2D eigenvalue weighted by molar-refractivity contribution is 0.0640. The fourth-order valence-corrected chi connectivity index (χ4v) is 2.25. The van der Waals surface area contributed by atoms with Gasteiger partial charge in [0.25, 0.3) is 0 Å². The van der Waals surface area contributed by atoms with Crippen molar-refractivity contribution in [3.05, 3.63) is 12.2 Å². The van der Waals surface area contributed by atoms with Crippen LogP contribution in [0.1, 0.15) is 12.8 Å². The molecular formula is C9H14N2O.